The third kappa shape index (κ3) is 4.75. The summed E-state index contributed by atoms with van der Waals surface area (Å²) in [5.74, 6) is 0.559. The number of hydrogen-bond acceptors (Lipinski definition) is 7. The molecule has 9 nitrogen and oxygen atoms in total. The maximum Gasteiger partial charge on any atom is 0.224 e. The van der Waals surface area contributed by atoms with Gasteiger partial charge >= 0.3 is 0 Å². The summed E-state index contributed by atoms with van der Waals surface area (Å²) in [6, 6.07) is 6.54. The molecule has 10 heteroatoms. The molecule has 1 aliphatic heterocycles. The van der Waals surface area contributed by atoms with Gasteiger partial charge in [0.15, 0.2) is 5.65 Å². The van der Waals surface area contributed by atoms with E-state index in [-0.39, 0.29) is 29.7 Å². The maximum absolute atomic E-state index is 13.4. The standard InChI is InChI=1S/C23H28FN7O2/c24-15-3-5-16(6-4-15)28-23-29-19-13-26-22(27-17-9-11-33-12-10-17)30-21(19)31(23)18-7-1-14(2-8-18)20(25)32/h3-6,13-14,17-18H,1-2,7-12H2,(H2,25,32)(H,28,29)(H,26,27,30)/t14-,18-. The highest BCUT2D eigenvalue weighted by Gasteiger charge is 2.29. The highest BCUT2D eigenvalue weighted by Crippen LogP contribution is 2.37. The summed E-state index contributed by atoms with van der Waals surface area (Å²) in [5, 5.41) is 6.73. The van der Waals surface area contributed by atoms with Crippen LogP contribution in [0, 0.1) is 11.7 Å². The Morgan fingerprint density at radius 2 is 1.79 bits per heavy atom. The number of carbonyl (C=O) groups excluding carboxylic acids is 1. The van der Waals surface area contributed by atoms with Crippen LogP contribution in [0.25, 0.3) is 11.2 Å². The summed E-state index contributed by atoms with van der Waals surface area (Å²) in [6.07, 6.45) is 6.60. The number of ether oxygens (including phenoxy) is 1. The van der Waals surface area contributed by atoms with Crippen LogP contribution in [0.15, 0.2) is 30.5 Å². The summed E-state index contributed by atoms with van der Waals surface area (Å²) < 4.78 is 20.9. The number of imidazole rings is 1. The fourth-order valence-corrected chi connectivity index (χ4v) is 4.70. The van der Waals surface area contributed by atoms with Gasteiger partial charge in [-0.3, -0.25) is 9.36 Å². The van der Waals surface area contributed by atoms with Gasteiger partial charge in [-0.2, -0.15) is 4.98 Å². The Morgan fingerprint density at radius 3 is 2.48 bits per heavy atom. The van der Waals surface area contributed by atoms with Crippen molar-refractivity contribution in [1.82, 2.24) is 19.5 Å². The first-order valence-corrected chi connectivity index (χ1v) is 11.5. The molecule has 2 fully saturated rings. The molecule has 2 aliphatic rings. The molecule has 33 heavy (non-hydrogen) atoms. The summed E-state index contributed by atoms with van der Waals surface area (Å²) in [4.78, 5) is 25.7. The van der Waals surface area contributed by atoms with Crippen molar-refractivity contribution < 1.29 is 13.9 Å². The first-order chi connectivity index (χ1) is 16.1. The van der Waals surface area contributed by atoms with Crippen LogP contribution in [0.5, 0.6) is 0 Å². The molecule has 0 radical (unpaired) electrons. The molecule has 3 aromatic rings. The average molecular weight is 454 g/mol. The predicted molar refractivity (Wildman–Crippen MR) is 123 cm³/mol. The van der Waals surface area contributed by atoms with Crippen molar-refractivity contribution in [1.29, 1.82) is 0 Å². The van der Waals surface area contributed by atoms with Gasteiger partial charge in [0.05, 0.1) is 6.20 Å². The number of nitrogens with two attached hydrogens (primary N) is 1. The zero-order valence-electron chi connectivity index (χ0n) is 18.3. The number of halogens is 1. The van der Waals surface area contributed by atoms with Crippen LogP contribution in [0.1, 0.15) is 44.6 Å². The highest BCUT2D eigenvalue weighted by atomic mass is 19.1. The molecular formula is C23H28FN7O2. The minimum atomic E-state index is -0.298. The monoisotopic (exact) mass is 453 g/mol. The van der Waals surface area contributed by atoms with Gasteiger partial charge in [0, 0.05) is 36.9 Å². The first kappa shape index (κ1) is 21.6. The molecule has 0 atom stereocenters. The van der Waals surface area contributed by atoms with Crippen molar-refractivity contribution in [2.75, 3.05) is 23.8 Å². The number of nitrogens with zero attached hydrogens (tertiary/aromatic N) is 4. The van der Waals surface area contributed by atoms with E-state index in [1.165, 1.54) is 12.1 Å². The molecule has 3 heterocycles. The fraction of sp³-hybridized carbons (Fsp3) is 0.478. The van der Waals surface area contributed by atoms with Gasteiger partial charge in [0.1, 0.15) is 11.3 Å². The molecule has 1 aliphatic carbocycles. The smallest absolute Gasteiger partial charge is 0.224 e. The van der Waals surface area contributed by atoms with Gasteiger partial charge < -0.3 is 21.1 Å². The van der Waals surface area contributed by atoms with E-state index < -0.39 is 0 Å². The molecule has 1 saturated heterocycles. The van der Waals surface area contributed by atoms with Gasteiger partial charge in [0.2, 0.25) is 17.8 Å². The van der Waals surface area contributed by atoms with Crippen molar-refractivity contribution in [2.24, 2.45) is 11.7 Å². The molecule has 0 bridgehead atoms. The van der Waals surface area contributed by atoms with Crippen LogP contribution < -0.4 is 16.4 Å². The van der Waals surface area contributed by atoms with Crippen molar-refractivity contribution in [3.63, 3.8) is 0 Å². The van der Waals surface area contributed by atoms with E-state index in [0.717, 1.165) is 63.1 Å². The van der Waals surface area contributed by atoms with Crippen LogP contribution in [0.3, 0.4) is 0 Å². The normalized spacial score (nSPS) is 21.7. The molecule has 0 unspecified atom stereocenters. The van der Waals surface area contributed by atoms with Gasteiger partial charge in [-0.15, -0.1) is 0 Å². The molecule has 174 valence electrons. The molecule has 1 aromatic carbocycles. The fourth-order valence-electron chi connectivity index (χ4n) is 4.70. The summed E-state index contributed by atoms with van der Waals surface area (Å²) in [6.45, 7) is 1.46. The molecule has 4 N–H and O–H groups in total. The lowest BCUT2D eigenvalue weighted by Gasteiger charge is -2.29. The van der Waals surface area contributed by atoms with Crippen molar-refractivity contribution in [3.8, 4) is 0 Å². The second-order valence-corrected chi connectivity index (χ2v) is 8.78. The molecule has 1 saturated carbocycles. The van der Waals surface area contributed by atoms with Crippen LogP contribution in [0.2, 0.25) is 0 Å². The number of benzene rings is 1. The minimum absolute atomic E-state index is 0.0927. The summed E-state index contributed by atoms with van der Waals surface area (Å²) in [5.41, 5.74) is 7.67. The van der Waals surface area contributed by atoms with E-state index in [2.05, 4.69) is 20.2 Å². The van der Waals surface area contributed by atoms with E-state index in [1.807, 2.05) is 0 Å². The predicted octanol–water partition coefficient (Wildman–Crippen LogP) is 3.52. The average Bonchev–Trinajstić information content (AvgIpc) is 3.18. The number of nitrogens with one attached hydrogen (secondary N) is 2. The van der Waals surface area contributed by atoms with E-state index in [4.69, 9.17) is 20.4 Å². The second kappa shape index (κ2) is 9.30. The zero-order chi connectivity index (χ0) is 22.8. The quantitative estimate of drug-likeness (QED) is 0.522. The van der Waals surface area contributed by atoms with Crippen molar-refractivity contribution in [2.45, 2.75) is 50.6 Å². The van der Waals surface area contributed by atoms with Gasteiger partial charge in [-0.05, 0) is 62.8 Å². The van der Waals surface area contributed by atoms with Crippen LogP contribution in [-0.2, 0) is 9.53 Å². The van der Waals surface area contributed by atoms with Gasteiger partial charge in [-0.1, -0.05) is 0 Å². The lowest BCUT2D eigenvalue weighted by Crippen LogP contribution is -2.29. The highest BCUT2D eigenvalue weighted by molar-refractivity contribution is 5.77. The Hall–Kier alpha value is -3.27. The summed E-state index contributed by atoms with van der Waals surface area (Å²) in [7, 11) is 0. The molecule has 0 spiro atoms. The van der Waals surface area contributed by atoms with E-state index in [0.29, 0.717) is 17.4 Å². The summed E-state index contributed by atoms with van der Waals surface area (Å²) >= 11 is 0. The Kier molecular flexibility index (Phi) is 6.08. The lowest BCUT2D eigenvalue weighted by atomic mass is 9.85. The SMILES string of the molecule is NC(=O)[C@H]1CC[C@H](n2c(Nc3ccc(F)cc3)nc3cnc(NC4CCOCC4)nc32)CC1. The third-order valence-electron chi connectivity index (χ3n) is 6.55. The number of aromatic nitrogens is 4. The van der Waals surface area contributed by atoms with Gasteiger partial charge in [-0.25, -0.2) is 14.4 Å². The van der Waals surface area contributed by atoms with Crippen molar-refractivity contribution in [3.05, 3.63) is 36.3 Å². The van der Waals surface area contributed by atoms with E-state index >= 15 is 0 Å². The maximum atomic E-state index is 13.4. The lowest BCUT2D eigenvalue weighted by molar-refractivity contribution is -0.122. The number of primary amides is 1. The largest absolute Gasteiger partial charge is 0.381 e. The number of anilines is 3. The Morgan fingerprint density at radius 1 is 1.06 bits per heavy atom. The van der Waals surface area contributed by atoms with E-state index in [1.54, 1.807) is 18.3 Å². The second-order valence-electron chi connectivity index (χ2n) is 8.78. The minimum Gasteiger partial charge on any atom is -0.381 e. The number of rotatable bonds is 6. The number of amides is 1. The first-order valence-electron chi connectivity index (χ1n) is 11.5. The molecule has 5 rings (SSSR count). The molecule has 1 amide bonds. The van der Waals surface area contributed by atoms with E-state index in [9.17, 15) is 9.18 Å². The Balaban J connectivity index is 1.48. The topological polar surface area (TPSA) is 120 Å². The van der Waals surface area contributed by atoms with Gasteiger partial charge in [0.25, 0.3) is 0 Å². The number of carbonyl (C=O) groups is 1. The number of fused-ring (bicyclic) bond motifs is 1. The number of hydrogen-bond donors (Lipinski definition) is 3. The zero-order valence-corrected chi connectivity index (χ0v) is 18.3. The Labute approximate surface area is 190 Å². The van der Waals surface area contributed by atoms with Crippen LogP contribution in [-0.4, -0.2) is 44.7 Å². The molecule has 2 aromatic heterocycles. The Bertz CT molecular complexity index is 1120. The third-order valence-corrected chi connectivity index (χ3v) is 6.55. The van der Waals surface area contributed by atoms with Crippen LogP contribution >= 0.6 is 0 Å². The van der Waals surface area contributed by atoms with Crippen molar-refractivity contribution >= 4 is 34.7 Å². The van der Waals surface area contributed by atoms with Crippen LogP contribution in [0.4, 0.5) is 22.0 Å². The molecular weight excluding hydrogens is 425 g/mol.